The van der Waals surface area contributed by atoms with E-state index in [1.807, 2.05) is 58.4 Å². The van der Waals surface area contributed by atoms with Crippen molar-refractivity contribution in [2.75, 3.05) is 20.3 Å². The van der Waals surface area contributed by atoms with E-state index in [0.29, 0.717) is 24.5 Å². The lowest BCUT2D eigenvalue weighted by atomic mass is 9.86. The second-order valence-corrected chi connectivity index (χ2v) is 10.4. The Morgan fingerprint density at radius 2 is 1.95 bits per heavy atom. The molecule has 0 bridgehead atoms. The molecule has 1 atom stereocenters. The number of aromatic nitrogens is 6. The van der Waals surface area contributed by atoms with E-state index in [2.05, 4.69) is 26.3 Å². The van der Waals surface area contributed by atoms with Gasteiger partial charge in [-0.25, -0.2) is 14.1 Å². The van der Waals surface area contributed by atoms with Crippen molar-refractivity contribution in [1.82, 2.24) is 34.8 Å². The van der Waals surface area contributed by atoms with Crippen molar-refractivity contribution in [3.05, 3.63) is 77.0 Å². The summed E-state index contributed by atoms with van der Waals surface area (Å²) >= 11 is 0. The highest BCUT2D eigenvalue weighted by atomic mass is 19.1. The summed E-state index contributed by atoms with van der Waals surface area (Å²) in [4.78, 5) is 10.1. The Kier molecular flexibility index (Phi) is 6.71. The van der Waals surface area contributed by atoms with Gasteiger partial charge in [-0.05, 0) is 56.9 Å². The van der Waals surface area contributed by atoms with Crippen LogP contribution in [-0.2, 0) is 11.8 Å². The maximum atomic E-state index is 15.6. The molecule has 1 aliphatic heterocycles. The van der Waals surface area contributed by atoms with Crippen molar-refractivity contribution in [2.24, 2.45) is 18.7 Å². The van der Waals surface area contributed by atoms with Crippen molar-refractivity contribution < 1.29 is 9.13 Å². The molecule has 5 aromatic rings. The Balaban J connectivity index is 1.71. The van der Waals surface area contributed by atoms with Gasteiger partial charge in [0.15, 0.2) is 0 Å². The molecular formula is C30H33FN8O. The third-order valence-electron chi connectivity index (χ3n) is 7.87. The number of nitrogens with zero attached hydrogens (tertiary/aromatic N) is 6. The number of pyridine rings is 2. The molecule has 1 fully saturated rings. The molecule has 1 saturated heterocycles. The average molecular weight is 541 g/mol. The lowest BCUT2D eigenvalue weighted by Gasteiger charge is -2.33. The highest BCUT2D eigenvalue weighted by molar-refractivity contribution is 6.05. The maximum absolute atomic E-state index is 15.6. The first-order valence-electron chi connectivity index (χ1n) is 13.5. The van der Waals surface area contributed by atoms with Gasteiger partial charge < -0.3 is 20.4 Å². The fourth-order valence-corrected chi connectivity index (χ4v) is 6.06. The number of hydrogen-bond donors (Lipinski definition) is 2. The zero-order chi connectivity index (χ0) is 28.0. The fourth-order valence-electron chi connectivity index (χ4n) is 6.06. The molecule has 0 saturated carbocycles. The van der Waals surface area contributed by atoms with E-state index < -0.39 is 0 Å². The van der Waals surface area contributed by atoms with E-state index >= 15 is 4.39 Å². The second-order valence-electron chi connectivity index (χ2n) is 10.4. The second kappa shape index (κ2) is 10.3. The molecule has 0 spiro atoms. The van der Waals surface area contributed by atoms with Crippen LogP contribution >= 0.6 is 0 Å². The van der Waals surface area contributed by atoms with Crippen molar-refractivity contribution in [3.8, 4) is 11.4 Å². The van der Waals surface area contributed by atoms with Crippen LogP contribution in [0.4, 0.5) is 4.39 Å². The van der Waals surface area contributed by atoms with Crippen LogP contribution in [0.3, 0.4) is 0 Å². The lowest BCUT2D eigenvalue weighted by Crippen LogP contribution is -2.27. The van der Waals surface area contributed by atoms with Crippen molar-refractivity contribution in [3.63, 3.8) is 0 Å². The molecule has 40 heavy (non-hydrogen) atoms. The van der Waals surface area contributed by atoms with Crippen LogP contribution in [0.15, 0.2) is 54.4 Å². The maximum Gasteiger partial charge on any atom is 0.143 e. The molecule has 10 heteroatoms. The molecule has 1 aromatic carbocycles. The Hall–Kier alpha value is -4.31. The van der Waals surface area contributed by atoms with Gasteiger partial charge in [-0.2, -0.15) is 0 Å². The van der Waals surface area contributed by atoms with Crippen LogP contribution in [0.25, 0.3) is 39.2 Å². The summed E-state index contributed by atoms with van der Waals surface area (Å²) in [6.45, 7) is 5.04. The third-order valence-corrected chi connectivity index (χ3v) is 7.87. The molecule has 5 heterocycles. The minimum atomic E-state index is -0.323. The number of nitrogens with two attached hydrogens (primary N) is 1. The van der Waals surface area contributed by atoms with Crippen LogP contribution in [0.2, 0.25) is 0 Å². The first-order chi connectivity index (χ1) is 19.4. The smallest absolute Gasteiger partial charge is 0.143 e. The van der Waals surface area contributed by atoms with Gasteiger partial charge in [0.1, 0.15) is 17.2 Å². The molecule has 0 unspecified atom stereocenters. The SMILES string of the molecule is CN/C(=C(/C)N)c1cnc2c3ccc(-c4c(C)nnn4C)nc3n([C@H](c3ccccc3F)C3CCOCC3)c2c1. The summed E-state index contributed by atoms with van der Waals surface area (Å²) in [5.74, 6) is -0.108. The Labute approximate surface area is 231 Å². The number of ether oxygens (including phenoxy) is 1. The highest BCUT2D eigenvalue weighted by Gasteiger charge is 2.32. The standard InChI is InChI=1S/C30H33FN8O/c1-17(32)26(33-3)20-15-25-27(34-16-20)22-9-10-24(28-18(2)36-37-38(28)4)35-30(22)39(25)29(19-11-13-40-14-12-19)21-7-5-6-8-23(21)31/h5-10,15-16,19,29,33H,11-14,32H2,1-4H3/b26-17-/t29-/m0/s1. The van der Waals surface area contributed by atoms with Gasteiger partial charge >= 0.3 is 0 Å². The van der Waals surface area contributed by atoms with Gasteiger partial charge in [0, 0.05) is 55.7 Å². The highest BCUT2D eigenvalue weighted by Crippen LogP contribution is 2.41. The molecule has 3 N–H and O–H groups in total. The summed E-state index contributed by atoms with van der Waals surface area (Å²) in [6.07, 6.45) is 3.44. The number of benzene rings is 1. The van der Waals surface area contributed by atoms with Gasteiger partial charge in [-0.3, -0.25) is 4.98 Å². The normalized spacial score (nSPS) is 15.9. The first-order valence-corrected chi connectivity index (χ1v) is 13.5. The van der Waals surface area contributed by atoms with Crippen LogP contribution < -0.4 is 11.1 Å². The molecule has 0 radical (unpaired) electrons. The van der Waals surface area contributed by atoms with Crippen LogP contribution in [-0.4, -0.2) is 49.8 Å². The Bertz CT molecular complexity index is 1720. The van der Waals surface area contributed by atoms with E-state index in [4.69, 9.17) is 20.4 Å². The molecule has 9 nitrogen and oxygen atoms in total. The van der Waals surface area contributed by atoms with Crippen molar-refractivity contribution >= 4 is 27.8 Å². The van der Waals surface area contributed by atoms with E-state index in [1.54, 1.807) is 10.7 Å². The van der Waals surface area contributed by atoms with Gasteiger partial charge in [0.05, 0.1) is 34.2 Å². The summed E-state index contributed by atoms with van der Waals surface area (Å²) < 4.78 is 25.3. The predicted octanol–water partition coefficient (Wildman–Crippen LogP) is 4.71. The number of nitrogens with one attached hydrogen (secondary N) is 1. The zero-order valence-electron chi connectivity index (χ0n) is 23.1. The van der Waals surface area contributed by atoms with E-state index in [1.165, 1.54) is 6.07 Å². The summed E-state index contributed by atoms with van der Waals surface area (Å²) in [7, 11) is 3.70. The monoisotopic (exact) mass is 540 g/mol. The molecule has 0 aliphatic carbocycles. The molecule has 4 aromatic heterocycles. The molecule has 1 aliphatic rings. The Morgan fingerprint density at radius 1 is 1.18 bits per heavy atom. The van der Waals surface area contributed by atoms with E-state index in [-0.39, 0.29) is 17.8 Å². The largest absolute Gasteiger partial charge is 0.401 e. The van der Waals surface area contributed by atoms with E-state index in [0.717, 1.165) is 63.3 Å². The Morgan fingerprint density at radius 3 is 2.62 bits per heavy atom. The quantitative estimate of drug-likeness (QED) is 0.321. The summed E-state index contributed by atoms with van der Waals surface area (Å²) in [5, 5.41) is 12.5. The number of rotatable bonds is 6. The summed E-state index contributed by atoms with van der Waals surface area (Å²) in [5.41, 5.74) is 13.9. The lowest BCUT2D eigenvalue weighted by molar-refractivity contribution is 0.0548. The van der Waals surface area contributed by atoms with Crippen molar-refractivity contribution in [2.45, 2.75) is 32.7 Å². The third kappa shape index (κ3) is 4.28. The first kappa shape index (κ1) is 25.9. The van der Waals surface area contributed by atoms with Gasteiger partial charge in [-0.15, -0.1) is 5.10 Å². The number of fused-ring (bicyclic) bond motifs is 3. The van der Waals surface area contributed by atoms with Crippen LogP contribution in [0.5, 0.6) is 0 Å². The van der Waals surface area contributed by atoms with Crippen LogP contribution in [0.1, 0.15) is 42.6 Å². The topological polar surface area (TPSA) is 109 Å². The van der Waals surface area contributed by atoms with Crippen molar-refractivity contribution in [1.29, 1.82) is 0 Å². The molecular weight excluding hydrogens is 507 g/mol. The predicted molar refractivity (Wildman–Crippen MR) is 154 cm³/mol. The van der Waals surface area contributed by atoms with Crippen LogP contribution in [0, 0.1) is 18.7 Å². The average Bonchev–Trinajstić information content (AvgIpc) is 3.46. The summed E-state index contributed by atoms with van der Waals surface area (Å²) in [6, 6.07) is 12.8. The molecule has 6 rings (SSSR count). The number of allylic oxidation sites excluding steroid dienone is 1. The van der Waals surface area contributed by atoms with Gasteiger partial charge in [0.2, 0.25) is 0 Å². The van der Waals surface area contributed by atoms with E-state index in [9.17, 15) is 0 Å². The van der Waals surface area contributed by atoms with Gasteiger partial charge in [-0.1, -0.05) is 23.4 Å². The fraction of sp³-hybridized carbons (Fsp3) is 0.333. The number of aryl methyl sites for hydroxylation is 2. The molecule has 0 amide bonds. The van der Waals surface area contributed by atoms with Gasteiger partial charge in [0.25, 0.3) is 0 Å². The minimum absolute atomic E-state index is 0.134. The molecule has 206 valence electrons. The number of hydrogen-bond acceptors (Lipinski definition) is 7. The number of halogens is 1. The zero-order valence-corrected chi connectivity index (χ0v) is 23.1. The minimum Gasteiger partial charge on any atom is -0.401 e.